The predicted molar refractivity (Wildman–Crippen MR) is 58.1 cm³/mol. The topological polar surface area (TPSA) is 75.4 Å². The molecule has 0 spiro atoms. The Balaban J connectivity index is 2.33. The number of hydrogen-bond acceptors (Lipinski definition) is 3. The smallest absolute Gasteiger partial charge is 0.312 e. The Kier molecular flexibility index (Phi) is 2.60. The molecule has 15 heavy (non-hydrogen) atoms. The Hall–Kier alpha value is -1.55. The summed E-state index contributed by atoms with van der Waals surface area (Å²) in [5.74, 6) is -1.19. The zero-order valence-corrected chi connectivity index (χ0v) is 8.36. The molecule has 0 bridgehead atoms. The predicted octanol–water partition coefficient (Wildman–Crippen LogP) is 0.781. The molecule has 2 rings (SSSR count). The molecule has 1 heterocycles. The van der Waals surface area contributed by atoms with Crippen LogP contribution in [0.25, 0.3) is 0 Å². The van der Waals surface area contributed by atoms with Gasteiger partial charge in [0.05, 0.1) is 0 Å². The van der Waals surface area contributed by atoms with E-state index < -0.39 is 11.9 Å². The van der Waals surface area contributed by atoms with Crippen molar-refractivity contribution in [2.75, 3.05) is 18.4 Å². The normalized spacial score (nSPS) is 18.3. The summed E-state index contributed by atoms with van der Waals surface area (Å²) >= 11 is 0. The second kappa shape index (κ2) is 3.90. The Morgan fingerprint density at radius 3 is 3.07 bits per heavy atom. The monoisotopic (exact) mass is 206 g/mol. The van der Waals surface area contributed by atoms with E-state index >= 15 is 0 Å². The number of benzene rings is 1. The highest BCUT2D eigenvalue weighted by Gasteiger charge is 2.28. The number of rotatable bonds is 3. The second-order valence-corrected chi connectivity index (χ2v) is 3.73. The lowest BCUT2D eigenvalue weighted by molar-refractivity contribution is -0.138. The van der Waals surface area contributed by atoms with Gasteiger partial charge in [-0.05, 0) is 30.2 Å². The fraction of sp³-hybridized carbons (Fsp3) is 0.364. The van der Waals surface area contributed by atoms with Crippen LogP contribution in [0, 0.1) is 0 Å². The molecule has 0 radical (unpaired) electrons. The van der Waals surface area contributed by atoms with Crippen LogP contribution in [-0.4, -0.2) is 24.2 Å². The molecule has 0 saturated heterocycles. The van der Waals surface area contributed by atoms with Gasteiger partial charge >= 0.3 is 5.97 Å². The summed E-state index contributed by atoms with van der Waals surface area (Å²) in [6.07, 6.45) is 0.791. The molecule has 1 aliphatic heterocycles. The fourth-order valence-electron chi connectivity index (χ4n) is 1.93. The van der Waals surface area contributed by atoms with Crippen LogP contribution in [0.5, 0.6) is 0 Å². The number of nitrogens with one attached hydrogen (secondary N) is 1. The second-order valence-electron chi connectivity index (χ2n) is 3.73. The van der Waals surface area contributed by atoms with Crippen molar-refractivity contribution in [3.05, 3.63) is 29.3 Å². The zero-order chi connectivity index (χ0) is 10.8. The minimum atomic E-state index is -0.772. The minimum Gasteiger partial charge on any atom is -0.481 e. The lowest BCUT2D eigenvalue weighted by Gasteiger charge is -2.06. The number of anilines is 1. The molecule has 1 unspecified atom stereocenters. The van der Waals surface area contributed by atoms with Crippen LogP contribution in [0.4, 0.5) is 5.69 Å². The molecule has 0 aromatic heterocycles. The van der Waals surface area contributed by atoms with Crippen LogP contribution >= 0.6 is 0 Å². The van der Waals surface area contributed by atoms with E-state index in [4.69, 9.17) is 10.8 Å². The summed E-state index contributed by atoms with van der Waals surface area (Å²) < 4.78 is 0. The van der Waals surface area contributed by atoms with Gasteiger partial charge in [-0.25, -0.2) is 0 Å². The summed E-state index contributed by atoms with van der Waals surface area (Å²) in [6.45, 7) is 1.07. The van der Waals surface area contributed by atoms with E-state index in [9.17, 15) is 4.79 Å². The van der Waals surface area contributed by atoms with Gasteiger partial charge in [0.2, 0.25) is 0 Å². The first-order valence-corrected chi connectivity index (χ1v) is 5.02. The summed E-state index contributed by atoms with van der Waals surface area (Å²) in [7, 11) is 0. The van der Waals surface area contributed by atoms with Crippen molar-refractivity contribution in [2.24, 2.45) is 5.73 Å². The average molecular weight is 206 g/mol. The Morgan fingerprint density at radius 1 is 1.60 bits per heavy atom. The SMILES string of the molecule is NCCc1ccc2c(c1)C(C(=O)O)CN2. The van der Waals surface area contributed by atoms with Crippen molar-refractivity contribution < 1.29 is 9.90 Å². The summed E-state index contributed by atoms with van der Waals surface area (Å²) in [4.78, 5) is 11.0. The van der Waals surface area contributed by atoms with E-state index in [0.29, 0.717) is 13.1 Å². The largest absolute Gasteiger partial charge is 0.481 e. The summed E-state index contributed by atoms with van der Waals surface area (Å²) in [5, 5.41) is 12.1. The van der Waals surface area contributed by atoms with Gasteiger partial charge in [0.1, 0.15) is 5.92 Å². The zero-order valence-electron chi connectivity index (χ0n) is 8.36. The van der Waals surface area contributed by atoms with Crippen LogP contribution in [0.15, 0.2) is 18.2 Å². The fourth-order valence-corrected chi connectivity index (χ4v) is 1.93. The summed E-state index contributed by atoms with van der Waals surface area (Å²) in [5.41, 5.74) is 8.39. The molecule has 1 aromatic rings. The van der Waals surface area contributed by atoms with Gasteiger partial charge in [0.15, 0.2) is 0 Å². The molecule has 4 heteroatoms. The number of fused-ring (bicyclic) bond motifs is 1. The Morgan fingerprint density at radius 2 is 2.40 bits per heavy atom. The van der Waals surface area contributed by atoms with E-state index in [1.807, 2.05) is 18.2 Å². The third-order valence-corrected chi connectivity index (χ3v) is 2.72. The van der Waals surface area contributed by atoms with Gasteiger partial charge in [0, 0.05) is 12.2 Å². The summed E-state index contributed by atoms with van der Waals surface area (Å²) in [6, 6.07) is 5.87. The van der Waals surface area contributed by atoms with Crippen LogP contribution < -0.4 is 11.1 Å². The van der Waals surface area contributed by atoms with E-state index in [1.165, 1.54) is 0 Å². The number of hydrogen-bond donors (Lipinski definition) is 3. The maximum Gasteiger partial charge on any atom is 0.312 e. The molecule has 1 aromatic carbocycles. The lowest BCUT2D eigenvalue weighted by Crippen LogP contribution is -2.13. The van der Waals surface area contributed by atoms with Crippen molar-refractivity contribution in [3.63, 3.8) is 0 Å². The first-order valence-electron chi connectivity index (χ1n) is 5.02. The van der Waals surface area contributed by atoms with Crippen molar-refractivity contribution in [2.45, 2.75) is 12.3 Å². The molecule has 0 fully saturated rings. The van der Waals surface area contributed by atoms with Crippen LogP contribution in [0.3, 0.4) is 0 Å². The number of aliphatic carboxylic acids is 1. The first kappa shape index (κ1) is 9.98. The maximum absolute atomic E-state index is 11.0. The number of nitrogens with two attached hydrogens (primary N) is 1. The van der Waals surface area contributed by atoms with E-state index in [-0.39, 0.29) is 0 Å². The molecule has 80 valence electrons. The minimum absolute atomic E-state index is 0.419. The Labute approximate surface area is 88.1 Å². The molecule has 4 N–H and O–H groups in total. The average Bonchev–Trinajstić information content (AvgIpc) is 2.61. The van der Waals surface area contributed by atoms with Gasteiger partial charge in [0.25, 0.3) is 0 Å². The van der Waals surface area contributed by atoms with E-state index in [0.717, 1.165) is 23.2 Å². The lowest BCUT2D eigenvalue weighted by atomic mass is 9.98. The standard InChI is InChI=1S/C11H14N2O2/c12-4-3-7-1-2-10-8(5-7)9(6-13-10)11(14)15/h1-2,5,9,13H,3-4,6,12H2,(H,14,15). The van der Waals surface area contributed by atoms with Gasteiger partial charge < -0.3 is 16.2 Å². The number of carbonyl (C=O) groups is 1. The van der Waals surface area contributed by atoms with Crippen molar-refractivity contribution in [1.29, 1.82) is 0 Å². The molecule has 0 saturated carbocycles. The molecule has 4 nitrogen and oxygen atoms in total. The highest BCUT2D eigenvalue weighted by molar-refractivity contribution is 5.82. The van der Waals surface area contributed by atoms with Gasteiger partial charge in [-0.3, -0.25) is 4.79 Å². The quantitative estimate of drug-likeness (QED) is 0.683. The van der Waals surface area contributed by atoms with E-state index in [2.05, 4.69) is 5.32 Å². The maximum atomic E-state index is 11.0. The van der Waals surface area contributed by atoms with Crippen molar-refractivity contribution in [3.8, 4) is 0 Å². The van der Waals surface area contributed by atoms with Crippen LogP contribution in [-0.2, 0) is 11.2 Å². The first-order chi connectivity index (χ1) is 7.22. The Bertz CT molecular complexity index is 390. The van der Waals surface area contributed by atoms with Gasteiger partial charge in [-0.1, -0.05) is 12.1 Å². The third-order valence-electron chi connectivity index (χ3n) is 2.72. The number of carboxylic acid groups (broad SMARTS) is 1. The third kappa shape index (κ3) is 1.80. The molecular formula is C11H14N2O2. The highest BCUT2D eigenvalue weighted by Crippen LogP contribution is 2.32. The van der Waals surface area contributed by atoms with Crippen LogP contribution in [0.1, 0.15) is 17.0 Å². The number of carboxylic acids is 1. The highest BCUT2D eigenvalue weighted by atomic mass is 16.4. The van der Waals surface area contributed by atoms with Gasteiger partial charge in [-0.15, -0.1) is 0 Å². The molecular weight excluding hydrogens is 192 g/mol. The molecule has 0 amide bonds. The molecule has 1 atom stereocenters. The van der Waals surface area contributed by atoms with Crippen molar-refractivity contribution in [1.82, 2.24) is 0 Å². The van der Waals surface area contributed by atoms with Crippen LogP contribution in [0.2, 0.25) is 0 Å². The van der Waals surface area contributed by atoms with Gasteiger partial charge in [-0.2, -0.15) is 0 Å². The van der Waals surface area contributed by atoms with E-state index in [1.54, 1.807) is 0 Å². The molecule has 0 aliphatic carbocycles. The molecule has 1 aliphatic rings. The van der Waals surface area contributed by atoms with Crippen molar-refractivity contribution >= 4 is 11.7 Å².